The van der Waals surface area contributed by atoms with Crippen LogP contribution in [0.15, 0.2) is 47.3 Å². The van der Waals surface area contributed by atoms with Crippen LogP contribution in [-0.2, 0) is 16.1 Å². The van der Waals surface area contributed by atoms with Gasteiger partial charge in [0.15, 0.2) is 0 Å². The fourth-order valence-corrected chi connectivity index (χ4v) is 1.74. The molecule has 0 spiro atoms. The van der Waals surface area contributed by atoms with Gasteiger partial charge in [0.2, 0.25) is 5.88 Å². The maximum atomic E-state index is 11.8. The minimum absolute atomic E-state index is 0.183. The summed E-state index contributed by atoms with van der Waals surface area (Å²) in [7, 11) is 1.28. The predicted octanol–water partition coefficient (Wildman–Crippen LogP) is 2.12. The van der Waals surface area contributed by atoms with E-state index in [9.17, 15) is 9.59 Å². The molecule has 0 saturated heterocycles. The van der Waals surface area contributed by atoms with E-state index < -0.39 is 5.97 Å². The standard InChI is InChI=1S/C15H15NO4/c1-11-5-3-6-12(9-11)20-14-8-4-7-13(17)16(14)10-15(18)19-2/h3-9H,10H2,1-2H3. The van der Waals surface area contributed by atoms with E-state index >= 15 is 0 Å². The Labute approximate surface area is 116 Å². The number of esters is 1. The van der Waals surface area contributed by atoms with Crippen molar-refractivity contribution in [1.82, 2.24) is 4.57 Å². The number of ether oxygens (including phenoxy) is 2. The molecule has 0 aliphatic carbocycles. The SMILES string of the molecule is COC(=O)Cn1c(Oc2cccc(C)c2)cccc1=O. The van der Waals surface area contributed by atoms with Crippen molar-refractivity contribution in [3.63, 3.8) is 0 Å². The monoisotopic (exact) mass is 273 g/mol. The van der Waals surface area contributed by atoms with Gasteiger partial charge in [0.25, 0.3) is 5.56 Å². The minimum atomic E-state index is -0.507. The first kappa shape index (κ1) is 13.9. The van der Waals surface area contributed by atoms with E-state index in [-0.39, 0.29) is 12.1 Å². The normalized spacial score (nSPS) is 10.1. The van der Waals surface area contributed by atoms with Crippen LogP contribution in [0.1, 0.15) is 5.56 Å². The lowest BCUT2D eigenvalue weighted by molar-refractivity contribution is -0.141. The molecular weight excluding hydrogens is 258 g/mol. The lowest BCUT2D eigenvalue weighted by atomic mass is 10.2. The predicted molar refractivity (Wildman–Crippen MR) is 74.0 cm³/mol. The molecule has 0 aliphatic heterocycles. The van der Waals surface area contributed by atoms with E-state index in [2.05, 4.69) is 4.74 Å². The van der Waals surface area contributed by atoms with Crippen molar-refractivity contribution in [3.05, 3.63) is 58.4 Å². The van der Waals surface area contributed by atoms with E-state index in [1.54, 1.807) is 18.2 Å². The van der Waals surface area contributed by atoms with Crippen LogP contribution in [0, 0.1) is 6.92 Å². The molecule has 20 heavy (non-hydrogen) atoms. The van der Waals surface area contributed by atoms with Gasteiger partial charge in [-0.1, -0.05) is 18.2 Å². The summed E-state index contributed by atoms with van der Waals surface area (Å²) in [5, 5.41) is 0. The van der Waals surface area contributed by atoms with Gasteiger partial charge in [-0.25, -0.2) is 0 Å². The molecule has 0 aliphatic rings. The number of hydrogen-bond acceptors (Lipinski definition) is 4. The third-order valence-corrected chi connectivity index (χ3v) is 2.74. The van der Waals surface area contributed by atoms with Crippen LogP contribution in [0.3, 0.4) is 0 Å². The molecule has 1 aromatic heterocycles. The zero-order valence-electron chi connectivity index (χ0n) is 11.3. The summed E-state index contributed by atoms with van der Waals surface area (Å²) in [4.78, 5) is 23.2. The molecule has 1 aromatic carbocycles. The molecule has 0 amide bonds. The molecule has 0 saturated carbocycles. The summed E-state index contributed by atoms with van der Waals surface area (Å²) in [5.74, 6) is 0.398. The molecule has 5 heteroatoms. The number of benzene rings is 1. The summed E-state index contributed by atoms with van der Waals surface area (Å²) in [6, 6.07) is 12.0. The van der Waals surface area contributed by atoms with E-state index in [4.69, 9.17) is 4.74 Å². The summed E-state index contributed by atoms with van der Waals surface area (Å²) in [5.41, 5.74) is 0.723. The second-order valence-electron chi connectivity index (χ2n) is 4.28. The number of methoxy groups -OCH3 is 1. The number of rotatable bonds is 4. The van der Waals surface area contributed by atoms with Crippen LogP contribution < -0.4 is 10.3 Å². The number of aryl methyl sites for hydroxylation is 1. The topological polar surface area (TPSA) is 57.5 Å². The van der Waals surface area contributed by atoms with E-state index in [1.807, 2.05) is 25.1 Å². The van der Waals surface area contributed by atoms with Crippen molar-refractivity contribution < 1.29 is 14.3 Å². The number of carbonyl (C=O) groups is 1. The van der Waals surface area contributed by atoms with Gasteiger partial charge in [-0.2, -0.15) is 0 Å². The zero-order valence-corrected chi connectivity index (χ0v) is 11.3. The maximum absolute atomic E-state index is 11.8. The molecule has 2 rings (SSSR count). The highest BCUT2D eigenvalue weighted by Gasteiger charge is 2.10. The Hall–Kier alpha value is -2.56. The minimum Gasteiger partial charge on any atom is -0.468 e. The van der Waals surface area contributed by atoms with Crippen LogP contribution >= 0.6 is 0 Å². The zero-order chi connectivity index (χ0) is 14.5. The Kier molecular flexibility index (Phi) is 4.20. The average Bonchev–Trinajstić information content (AvgIpc) is 2.42. The molecule has 104 valence electrons. The van der Waals surface area contributed by atoms with Crippen molar-refractivity contribution in [2.45, 2.75) is 13.5 Å². The average molecular weight is 273 g/mol. The van der Waals surface area contributed by atoms with Crippen LogP contribution in [0.2, 0.25) is 0 Å². The lowest BCUT2D eigenvalue weighted by Gasteiger charge is -2.12. The van der Waals surface area contributed by atoms with Gasteiger partial charge in [-0.05, 0) is 30.7 Å². The second-order valence-corrected chi connectivity index (χ2v) is 4.28. The van der Waals surface area contributed by atoms with Gasteiger partial charge in [0.05, 0.1) is 7.11 Å². The third kappa shape index (κ3) is 3.26. The highest BCUT2D eigenvalue weighted by molar-refractivity contribution is 5.69. The second kappa shape index (κ2) is 6.06. The van der Waals surface area contributed by atoms with Crippen molar-refractivity contribution in [1.29, 1.82) is 0 Å². The molecule has 0 unspecified atom stereocenters. The first-order valence-electron chi connectivity index (χ1n) is 6.11. The van der Waals surface area contributed by atoms with Crippen LogP contribution in [0.5, 0.6) is 11.6 Å². The molecule has 0 bridgehead atoms. The number of carbonyl (C=O) groups excluding carboxylic acids is 1. The molecule has 5 nitrogen and oxygen atoms in total. The summed E-state index contributed by atoms with van der Waals surface area (Å²) in [6.45, 7) is 1.76. The molecule has 0 radical (unpaired) electrons. The number of hydrogen-bond donors (Lipinski definition) is 0. The highest BCUT2D eigenvalue weighted by atomic mass is 16.5. The van der Waals surface area contributed by atoms with Crippen LogP contribution in [0.25, 0.3) is 0 Å². The van der Waals surface area contributed by atoms with Gasteiger partial charge in [-0.3, -0.25) is 14.2 Å². The molecule has 0 atom stereocenters. The number of aromatic nitrogens is 1. The number of pyridine rings is 1. The Balaban J connectivity index is 2.34. The quantitative estimate of drug-likeness (QED) is 0.801. The van der Waals surface area contributed by atoms with E-state index in [0.717, 1.165) is 5.56 Å². The number of nitrogens with zero attached hydrogens (tertiary/aromatic N) is 1. The smallest absolute Gasteiger partial charge is 0.325 e. The van der Waals surface area contributed by atoms with Gasteiger partial charge in [0.1, 0.15) is 12.3 Å². The Bertz CT molecular complexity index is 676. The van der Waals surface area contributed by atoms with Crippen LogP contribution in [0.4, 0.5) is 0 Å². The van der Waals surface area contributed by atoms with E-state index in [0.29, 0.717) is 11.6 Å². The van der Waals surface area contributed by atoms with Gasteiger partial charge >= 0.3 is 5.97 Å². The first-order valence-corrected chi connectivity index (χ1v) is 6.11. The maximum Gasteiger partial charge on any atom is 0.325 e. The largest absolute Gasteiger partial charge is 0.468 e. The van der Waals surface area contributed by atoms with Crippen molar-refractivity contribution >= 4 is 5.97 Å². The van der Waals surface area contributed by atoms with Crippen molar-refractivity contribution in [2.75, 3.05) is 7.11 Å². The summed E-state index contributed by atoms with van der Waals surface area (Å²) < 4.78 is 11.5. The lowest BCUT2D eigenvalue weighted by Crippen LogP contribution is -2.24. The summed E-state index contributed by atoms with van der Waals surface area (Å²) in [6.07, 6.45) is 0. The molecule has 1 heterocycles. The third-order valence-electron chi connectivity index (χ3n) is 2.74. The Morgan fingerprint density at radius 2 is 1.95 bits per heavy atom. The Morgan fingerprint density at radius 3 is 2.65 bits per heavy atom. The molecule has 0 N–H and O–H groups in total. The highest BCUT2D eigenvalue weighted by Crippen LogP contribution is 2.20. The first-order chi connectivity index (χ1) is 9.60. The fraction of sp³-hybridized carbons (Fsp3) is 0.200. The molecular formula is C15H15NO4. The van der Waals surface area contributed by atoms with Crippen LogP contribution in [-0.4, -0.2) is 17.6 Å². The van der Waals surface area contributed by atoms with Gasteiger partial charge in [-0.15, -0.1) is 0 Å². The Morgan fingerprint density at radius 1 is 1.20 bits per heavy atom. The fourth-order valence-electron chi connectivity index (χ4n) is 1.74. The summed E-state index contributed by atoms with van der Waals surface area (Å²) >= 11 is 0. The van der Waals surface area contributed by atoms with Crippen molar-refractivity contribution in [3.8, 4) is 11.6 Å². The molecule has 2 aromatic rings. The molecule has 0 fully saturated rings. The van der Waals surface area contributed by atoms with Gasteiger partial charge < -0.3 is 9.47 Å². The van der Waals surface area contributed by atoms with E-state index in [1.165, 1.54) is 17.7 Å². The van der Waals surface area contributed by atoms with Gasteiger partial charge in [0, 0.05) is 6.07 Å². The van der Waals surface area contributed by atoms with Crippen molar-refractivity contribution in [2.24, 2.45) is 0 Å².